The van der Waals surface area contributed by atoms with E-state index in [1.165, 1.54) is 10.5 Å². The number of nitrogens with zero attached hydrogens (tertiary/aromatic N) is 3. The standard InChI is InChI=1S/C27H28N4O3/c1-19(13-14-20-8-4-3-5-9-20)29-25(32)18-31-26(33)17-24(21-10-6-11-22(16-21)34-2)30-23-12-7-15-28-27(23)31/h3-12,15-16,19H,13-14,17-18H2,1-2H3,(H,29,32)/t19-/m0/s1. The Hall–Kier alpha value is -4.00. The zero-order chi connectivity index (χ0) is 23.9. The second-order valence-corrected chi connectivity index (χ2v) is 8.29. The average molecular weight is 457 g/mol. The molecule has 7 nitrogen and oxygen atoms in total. The van der Waals surface area contributed by atoms with Gasteiger partial charge < -0.3 is 10.1 Å². The molecule has 1 N–H and O–H groups in total. The number of nitrogens with one attached hydrogen (secondary N) is 1. The summed E-state index contributed by atoms with van der Waals surface area (Å²) in [7, 11) is 1.60. The van der Waals surface area contributed by atoms with Crippen molar-refractivity contribution in [3.05, 3.63) is 84.1 Å². The summed E-state index contributed by atoms with van der Waals surface area (Å²) in [6, 6.07) is 21.1. The van der Waals surface area contributed by atoms with Crippen molar-refractivity contribution in [2.75, 3.05) is 18.6 Å². The summed E-state index contributed by atoms with van der Waals surface area (Å²) >= 11 is 0. The number of carbonyl (C=O) groups excluding carboxylic acids is 2. The number of carbonyl (C=O) groups is 2. The van der Waals surface area contributed by atoms with Gasteiger partial charge in [0.1, 0.15) is 18.0 Å². The predicted octanol–water partition coefficient (Wildman–Crippen LogP) is 4.09. The maximum absolute atomic E-state index is 13.2. The molecule has 174 valence electrons. The predicted molar refractivity (Wildman–Crippen MR) is 133 cm³/mol. The van der Waals surface area contributed by atoms with Crippen molar-refractivity contribution in [2.45, 2.75) is 32.2 Å². The van der Waals surface area contributed by atoms with E-state index in [9.17, 15) is 9.59 Å². The van der Waals surface area contributed by atoms with Crippen LogP contribution in [0, 0.1) is 0 Å². The Bertz CT molecular complexity index is 1190. The molecule has 1 aliphatic heterocycles. The molecule has 1 atom stereocenters. The highest BCUT2D eigenvalue weighted by atomic mass is 16.5. The minimum absolute atomic E-state index is 0.0263. The van der Waals surface area contributed by atoms with Crippen LogP contribution < -0.4 is 15.0 Å². The van der Waals surface area contributed by atoms with Gasteiger partial charge >= 0.3 is 0 Å². The monoisotopic (exact) mass is 456 g/mol. The molecule has 2 heterocycles. The fraction of sp³-hybridized carbons (Fsp3) is 0.259. The largest absolute Gasteiger partial charge is 0.497 e. The van der Waals surface area contributed by atoms with E-state index >= 15 is 0 Å². The molecule has 1 aliphatic rings. The lowest BCUT2D eigenvalue weighted by molar-refractivity contribution is -0.123. The molecule has 7 heteroatoms. The Labute approximate surface area is 199 Å². The molecule has 0 fully saturated rings. The van der Waals surface area contributed by atoms with Crippen LogP contribution in [-0.4, -0.2) is 42.2 Å². The van der Waals surface area contributed by atoms with E-state index in [-0.39, 0.29) is 30.8 Å². The van der Waals surface area contributed by atoms with Crippen LogP contribution in [0.4, 0.5) is 11.5 Å². The van der Waals surface area contributed by atoms with Crippen molar-refractivity contribution in [1.82, 2.24) is 10.3 Å². The molecule has 0 unspecified atom stereocenters. The van der Waals surface area contributed by atoms with Crippen molar-refractivity contribution >= 4 is 29.0 Å². The lowest BCUT2D eigenvalue weighted by Crippen LogP contribution is -2.44. The van der Waals surface area contributed by atoms with Crippen LogP contribution in [0.5, 0.6) is 5.75 Å². The number of hydrogen-bond donors (Lipinski definition) is 1. The van der Waals surface area contributed by atoms with Gasteiger partial charge in [-0.05, 0) is 49.6 Å². The molecule has 1 aromatic heterocycles. The van der Waals surface area contributed by atoms with Crippen molar-refractivity contribution in [1.29, 1.82) is 0 Å². The summed E-state index contributed by atoms with van der Waals surface area (Å²) in [6.07, 6.45) is 3.33. The van der Waals surface area contributed by atoms with Crippen LogP contribution in [0.15, 0.2) is 77.9 Å². The molecule has 0 saturated heterocycles. The third kappa shape index (κ3) is 5.67. The van der Waals surface area contributed by atoms with Gasteiger partial charge in [0.25, 0.3) is 0 Å². The molecule has 0 spiro atoms. The first-order chi connectivity index (χ1) is 16.5. The van der Waals surface area contributed by atoms with E-state index < -0.39 is 0 Å². The number of amides is 2. The Balaban J connectivity index is 1.47. The van der Waals surface area contributed by atoms with Gasteiger partial charge in [-0.1, -0.05) is 42.5 Å². The molecular weight excluding hydrogens is 428 g/mol. The summed E-state index contributed by atoms with van der Waals surface area (Å²) in [5.74, 6) is 0.614. The number of anilines is 1. The Morgan fingerprint density at radius 2 is 1.94 bits per heavy atom. The van der Waals surface area contributed by atoms with Crippen LogP contribution in [-0.2, 0) is 16.0 Å². The number of methoxy groups -OCH3 is 1. The molecule has 0 saturated carbocycles. The van der Waals surface area contributed by atoms with Gasteiger partial charge in [-0.15, -0.1) is 0 Å². The summed E-state index contributed by atoms with van der Waals surface area (Å²) in [5.41, 5.74) is 3.18. The second-order valence-electron chi connectivity index (χ2n) is 8.29. The molecule has 34 heavy (non-hydrogen) atoms. The maximum Gasteiger partial charge on any atom is 0.240 e. The Kier molecular flexibility index (Phi) is 7.32. The molecule has 4 rings (SSSR count). The summed E-state index contributed by atoms with van der Waals surface area (Å²) < 4.78 is 5.32. The summed E-state index contributed by atoms with van der Waals surface area (Å²) in [5, 5.41) is 3.01. The first-order valence-corrected chi connectivity index (χ1v) is 11.3. The number of pyridine rings is 1. The molecule has 0 bridgehead atoms. The van der Waals surface area contributed by atoms with Crippen molar-refractivity contribution < 1.29 is 14.3 Å². The van der Waals surface area contributed by atoms with Gasteiger partial charge in [0.15, 0.2) is 5.82 Å². The number of hydrogen-bond acceptors (Lipinski definition) is 5. The van der Waals surface area contributed by atoms with Crippen LogP contribution in [0.1, 0.15) is 30.9 Å². The topological polar surface area (TPSA) is 83.9 Å². The van der Waals surface area contributed by atoms with Crippen LogP contribution >= 0.6 is 0 Å². The van der Waals surface area contributed by atoms with Crippen molar-refractivity contribution in [3.8, 4) is 5.75 Å². The zero-order valence-corrected chi connectivity index (χ0v) is 19.4. The van der Waals surface area contributed by atoms with E-state index in [1.54, 1.807) is 25.4 Å². The highest BCUT2D eigenvalue weighted by Crippen LogP contribution is 2.31. The molecule has 2 amide bonds. The molecular formula is C27H28N4O3. The van der Waals surface area contributed by atoms with E-state index in [1.807, 2.05) is 49.4 Å². The third-order valence-corrected chi connectivity index (χ3v) is 5.72. The summed E-state index contributed by atoms with van der Waals surface area (Å²) in [6.45, 7) is 1.86. The first kappa shape index (κ1) is 23.2. The SMILES string of the molecule is COc1cccc(C2=Nc3cccnc3N(CC(=O)N[C@@H](C)CCc3ccccc3)C(=O)C2)c1. The smallest absolute Gasteiger partial charge is 0.240 e. The minimum atomic E-state index is -0.230. The van der Waals surface area contributed by atoms with Gasteiger partial charge in [0, 0.05) is 17.8 Å². The van der Waals surface area contributed by atoms with E-state index in [4.69, 9.17) is 9.73 Å². The van der Waals surface area contributed by atoms with E-state index in [0.29, 0.717) is 23.0 Å². The number of aromatic nitrogens is 1. The number of benzene rings is 2. The first-order valence-electron chi connectivity index (χ1n) is 11.3. The molecule has 0 radical (unpaired) electrons. The van der Waals surface area contributed by atoms with Crippen LogP contribution in [0.25, 0.3) is 0 Å². The third-order valence-electron chi connectivity index (χ3n) is 5.72. The van der Waals surface area contributed by atoms with Crippen LogP contribution in [0.2, 0.25) is 0 Å². The molecule has 2 aromatic carbocycles. The normalized spacial score (nSPS) is 14.0. The highest BCUT2D eigenvalue weighted by molar-refractivity contribution is 6.18. The Morgan fingerprint density at radius 3 is 2.74 bits per heavy atom. The van der Waals surface area contributed by atoms with Gasteiger partial charge in [0.05, 0.1) is 19.2 Å². The van der Waals surface area contributed by atoms with E-state index in [0.717, 1.165) is 18.4 Å². The van der Waals surface area contributed by atoms with Gasteiger partial charge in [-0.25, -0.2) is 9.98 Å². The lowest BCUT2D eigenvalue weighted by Gasteiger charge is -2.22. The second kappa shape index (κ2) is 10.7. The number of aryl methyl sites for hydroxylation is 1. The average Bonchev–Trinajstić information content (AvgIpc) is 3.00. The van der Waals surface area contributed by atoms with Gasteiger partial charge in [-0.2, -0.15) is 0 Å². The maximum atomic E-state index is 13.2. The zero-order valence-electron chi connectivity index (χ0n) is 19.4. The number of rotatable bonds is 8. The Morgan fingerprint density at radius 1 is 1.12 bits per heavy atom. The van der Waals surface area contributed by atoms with Gasteiger partial charge in [0.2, 0.25) is 11.8 Å². The van der Waals surface area contributed by atoms with Crippen molar-refractivity contribution in [2.24, 2.45) is 4.99 Å². The summed E-state index contributed by atoms with van der Waals surface area (Å²) in [4.78, 5) is 36.6. The van der Waals surface area contributed by atoms with E-state index in [2.05, 4.69) is 22.4 Å². The fourth-order valence-corrected chi connectivity index (χ4v) is 3.92. The lowest BCUT2D eigenvalue weighted by atomic mass is 10.1. The van der Waals surface area contributed by atoms with Crippen LogP contribution in [0.3, 0.4) is 0 Å². The number of aliphatic imine (C=N–C) groups is 1. The molecule has 3 aromatic rings. The minimum Gasteiger partial charge on any atom is -0.497 e. The number of fused-ring (bicyclic) bond motifs is 1. The van der Waals surface area contributed by atoms with Gasteiger partial charge in [-0.3, -0.25) is 14.5 Å². The van der Waals surface area contributed by atoms with Crippen molar-refractivity contribution in [3.63, 3.8) is 0 Å². The highest BCUT2D eigenvalue weighted by Gasteiger charge is 2.28. The quantitative estimate of drug-likeness (QED) is 0.554. The fourth-order valence-electron chi connectivity index (χ4n) is 3.92. The number of ether oxygens (including phenoxy) is 1. The molecule has 0 aliphatic carbocycles.